The second-order valence-corrected chi connectivity index (χ2v) is 8.17. The van der Waals surface area contributed by atoms with Gasteiger partial charge in [0.2, 0.25) is 5.95 Å². The summed E-state index contributed by atoms with van der Waals surface area (Å²) in [6.07, 6.45) is 3.52. The van der Waals surface area contributed by atoms with E-state index in [4.69, 9.17) is 9.72 Å². The van der Waals surface area contributed by atoms with Crippen molar-refractivity contribution in [2.75, 3.05) is 13.2 Å². The number of hydrogen-bond donors (Lipinski definition) is 1. The summed E-state index contributed by atoms with van der Waals surface area (Å²) in [6, 6.07) is 10.9. The molecule has 1 aliphatic heterocycles. The average Bonchev–Trinajstić information content (AvgIpc) is 3.42. The number of halogens is 1. The van der Waals surface area contributed by atoms with Gasteiger partial charge in [-0.1, -0.05) is 0 Å². The quantitative estimate of drug-likeness (QED) is 0.427. The van der Waals surface area contributed by atoms with Gasteiger partial charge in [-0.25, -0.2) is 19.2 Å². The highest BCUT2D eigenvalue weighted by molar-refractivity contribution is 5.79. The minimum Gasteiger partial charge on any atom is -0.493 e. The van der Waals surface area contributed by atoms with Gasteiger partial charge in [0.15, 0.2) is 5.65 Å². The van der Waals surface area contributed by atoms with Crippen molar-refractivity contribution in [2.24, 2.45) is 0 Å². The summed E-state index contributed by atoms with van der Waals surface area (Å²) in [5.41, 5.74) is 2.72. The maximum absolute atomic E-state index is 14.1. The molecule has 5 aromatic rings. The normalized spacial score (nSPS) is 15.2. The fraction of sp³-hybridized carbons (Fsp3) is 0.208. The molecule has 6 rings (SSSR count). The molecular formula is C24H18FN7O3. The van der Waals surface area contributed by atoms with E-state index in [0.717, 1.165) is 0 Å². The highest BCUT2D eigenvalue weighted by atomic mass is 19.1. The highest BCUT2D eigenvalue weighted by Gasteiger charge is 2.29. The molecular weight excluding hydrogens is 453 g/mol. The largest absolute Gasteiger partial charge is 0.493 e. The fourth-order valence-corrected chi connectivity index (χ4v) is 4.61. The zero-order valence-electron chi connectivity index (χ0n) is 18.3. The molecule has 0 saturated heterocycles. The molecule has 0 amide bonds. The van der Waals surface area contributed by atoms with Gasteiger partial charge >= 0.3 is 5.69 Å². The lowest BCUT2D eigenvalue weighted by molar-refractivity contribution is 0.252. The van der Waals surface area contributed by atoms with E-state index in [1.54, 1.807) is 35.2 Å². The molecule has 4 heterocycles. The molecule has 0 saturated carbocycles. The van der Waals surface area contributed by atoms with Gasteiger partial charge in [0.25, 0.3) is 0 Å². The predicted octanol–water partition coefficient (Wildman–Crippen LogP) is 2.31. The first-order valence-corrected chi connectivity index (χ1v) is 11.0. The van der Waals surface area contributed by atoms with Crippen LogP contribution in [0.4, 0.5) is 4.39 Å². The number of fused-ring (bicyclic) bond motifs is 3. The molecule has 1 aliphatic rings. The van der Waals surface area contributed by atoms with Crippen LogP contribution < -0.4 is 10.4 Å². The number of ether oxygens (including phenoxy) is 1. The van der Waals surface area contributed by atoms with Gasteiger partial charge in [-0.2, -0.15) is 10.2 Å². The monoisotopic (exact) mass is 471 g/mol. The van der Waals surface area contributed by atoms with E-state index in [1.807, 2.05) is 0 Å². The Morgan fingerprint density at radius 1 is 1.20 bits per heavy atom. The third kappa shape index (κ3) is 3.26. The van der Waals surface area contributed by atoms with Gasteiger partial charge in [0, 0.05) is 12.0 Å². The summed E-state index contributed by atoms with van der Waals surface area (Å²) in [7, 11) is 0. The third-order valence-electron chi connectivity index (χ3n) is 6.20. The Balaban J connectivity index is 1.60. The third-order valence-corrected chi connectivity index (χ3v) is 6.20. The van der Waals surface area contributed by atoms with Gasteiger partial charge in [0.05, 0.1) is 54.7 Å². The number of benzene rings is 2. The molecule has 0 radical (unpaired) electrons. The Hall–Kier alpha value is -4.56. The van der Waals surface area contributed by atoms with Gasteiger partial charge < -0.3 is 9.84 Å². The zero-order chi connectivity index (χ0) is 24.1. The van der Waals surface area contributed by atoms with Crippen molar-refractivity contribution in [3.8, 4) is 17.8 Å². The lowest BCUT2D eigenvalue weighted by Gasteiger charge is -2.26. The van der Waals surface area contributed by atoms with Crippen molar-refractivity contribution in [3.05, 3.63) is 76.4 Å². The number of nitriles is 1. The second kappa shape index (κ2) is 8.03. The number of imidazole rings is 2. The van der Waals surface area contributed by atoms with Crippen LogP contribution in [0.1, 0.15) is 23.6 Å². The molecule has 0 unspecified atom stereocenters. The standard InChI is InChI=1S/C24H18FN7O3/c25-15-2-4-21-16(10-15)18(5-8-35-21)32-22-20(30(6-7-33)24(32)34)12-27-23(29-22)31-13-28-17-3-1-14(11-26)9-19(17)31/h1-4,9-10,12-13,18,33H,5-8H2/t18-/m1/s1. The van der Waals surface area contributed by atoms with E-state index in [9.17, 15) is 19.6 Å². The minimum absolute atomic E-state index is 0.0593. The number of rotatable bonds is 4. The van der Waals surface area contributed by atoms with Gasteiger partial charge in [-0.15, -0.1) is 0 Å². The summed E-state index contributed by atoms with van der Waals surface area (Å²) >= 11 is 0. The average molecular weight is 471 g/mol. The number of hydrogen-bond acceptors (Lipinski definition) is 7. The summed E-state index contributed by atoms with van der Waals surface area (Å²) in [6.45, 7) is 0.163. The maximum Gasteiger partial charge on any atom is 0.331 e. The van der Waals surface area contributed by atoms with Crippen LogP contribution in [0.2, 0.25) is 0 Å². The van der Waals surface area contributed by atoms with E-state index < -0.39 is 11.9 Å². The van der Waals surface area contributed by atoms with Crippen LogP contribution in [0.25, 0.3) is 28.1 Å². The van der Waals surface area contributed by atoms with Crippen molar-refractivity contribution in [1.29, 1.82) is 5.26 Å². The summed E-state index contributed by atoms with van der Waals surface area (Å²) in [4.78, 5) is 27.0. The Morgan fingerprint density at radius 2 is 2.09 bits per heavy atom. The van der Waals surface area contributed by atoms with E-state index in [-0.39, 0.29) is 24.8 Å². The van der Waals surface area contributed by atoms with Crippen LogP contribution >= 0.6 is 0 Å². The van der Waals surface area contributed by atoms with E-state index in [1.165, 1.54) is 27.5 Å². The maximum atomic E-state index is 14.1. The first kappa shape index (κ1) is 21.0. The second-order valence-electron chi connectivity index (χ2n) is 8.17. The van der Waals surface area contributed by atoms with Crippen LogP contribution in [-0.4, -0.2) is 47.0 Å². The van der Waals surface area contributed by atoms with Crippen molar-refractivity contribution in [2.45, 2.75) is 19.0 Å². The van der Waals surface area contributed by atoms with Crippen molar-refractivity contribution in [1.82, 2.24) is 28.7 Å². The zero-order valence-corrected chi connectivity index (χ0v) is 18.3. The van der Waals surface area contributed by atoms with Crippen LogP contribution in [0.3, 0.4) is 0 Å². The van der Waals surface area contributed by atoms with Crippen LogP contribution in [0.15, 0.2) is 53.7 Å². The fourth-order valence-electron chi connectivity index (χ4n) is 4.61. The number of aliphatic hydroxyl groups is 1. The van der Waals surface area contributed by atoms with Crippen molar-refractivity contribution < 1.29 is 14.2 Å². The van der Waals surface area contributed by atoms with Gasteiger partial charge in [-0.05, 0) is 36.4 Å². The van der Waals surface area contributed by atoms with Crippen molar-refractivity contribution in [3.63, 3.8) is 0 Å². The van der Waals surface area contributed by atoms with E-state index >= 15 is 0 Å². The molecule has 174 valence electrons. The van der Waals surface area contributed by atoms with Gasteiger partial charge in [-0.3, -0.25) is 13.7 Å². The number of nitrogens with zero attached hydrogens (tertiary/aromatic N) is 7. The summed E-state index contributed by atoms with van der Waals surface area (Å²) in [5.74, 6) is 0.341. The van der Waals surface area contributed by atoms with Crippen molar-refractivity contribution >= 4 is 22.2 Å². The molecule has 1 N–H and O–H groups in total. The Kier molecular flexibility index (Phi) is 4.82. The minimum atomic E-state index is -0.517. The molecule has 2 aromatic carbocycles. The molecule has 35 heavy (non-hydrogen) atoms. The first-order chi connectivity index (χ1) is 17.1. The van der Waals surface area contributed by atoms with Gasteiger partial charge in [0.1, 0.15) is 23.4 Å². The molecule has 11 heteroatoms. The molecule has 10 nitrogen and oxygen atoms in total. The van der Waals surface area contributed by atoms with Crippen LogP contribution in [0, 0.1) is 17.1 Å². The smallest absolute Gasteiger partial charge is 0.331 e. The molecule has 0 fully saturated rings. The number of aromatic nitrogens is 6. The molecule has 3 aromatic heterocycles. The SMILES string of the molecule is N#Cc1ccc2ncn(-c3ncc4c(n3)n([C@@H]3CCOc5ccc(F)cc53)c(=O)n4CCO)c2c1. The Labute approximate surface area is 197 Å². The molecule has 0 bridgehead atoms. The van der Waals surface area contributed by atoms with E-state index in [0.29, 0.717) is 52.1 Å². The Bertz CT molecular complexity index is 1710. The molecule has 0 aliphatic carbocycles. The summed E-state index contributed by atoms with van der Waals surface area (Å²) in [5, 5.41) is 18.9. The lowest BCUT2D eigenvalue weighted by atomic mass is 10.00. The summed E-state index contributed by atoms with van der Waals surface area (Å²) < 4.78 is 24.4. The first-order valence-electron chi connectivity index (χ1n) is 11.0. The Morgan fingerprint density at radius 3 is 2.91 bits per heavy atom. The molecule has 0 spiro atoms. The topological polar surface area (TPSA) is 124 Å². The van der Waals surface area contributed by atoms with E-state index in [2.05, 4.69) is 16.0 Å². The van der Waals surface area contributed by atoms with Crippen LogP contribution in [-0.2, 0) is 6.54 Å². The number of aliphatic hydroxyl groups excluding tert-OH is 1. The predicted molar refractivity (Wildman–Crippen MR) is 123 cm³/mol. The van der Waals surface area contributed by atoms with Crippen LogP contribution in [0.5, 0.6) is 5.75 Å². The lowest BCUT2D eigenvalue weighted by Crippen LogP contribution is -2.31. The molecule has 1 atom stereocenters. The highest BCUT2D eigenvalue weighted by Crippen LogP contribution is 2.36.